The number of carbonyl (C=O) groups is 3. The van der Waals surface area contributed by atoms with Crippen LogP contribution in [0, 0.1) is 5.92 Å². The number of hydrogen-bond acceptors (Lipinski definition) is 6. The molecule has 1 saturated heterocycles. The molecule has 2 aromatic rings. The molecule has 1 heterocycles. The summed E-state index contributed by atoms with van der Waals surface area (Å²) in [5, 5.41) is 5.41. The van der Waals surface area contributed by atoms with Gasteiger partial charge >= 0.3 is 6.09 Å². The second kappa shape index (κ2) is 11.1. The molecule has 0 spiro atoms. The maximum Gasteiger partial charge on any atom is 0.411 e. The molecule has 9 nitrogen and oxygen atoms in total. The lowest BCUT2D eigenvalue weighted by Crippen LogP contribution is -2.28. The minimum absolute atomic E-state index is 0.107. The zero-order valence-corrected chi connectivity index (χ0v) is 18.1. The van der Waals surface area contributed by atoms with Crippen LogP contribution in [-0.4, -0.2) is 51.4 Å². The van der Waals surface area contributed by atoms with Crippen molar-refractivity contribution in [3.8, 4) is 5.75 Å². The van der Waals surface area contributed by atoms with Gasteiger partial charge in [0, 0.05) is 31.5 Å². The fourth-order valence-corrected chi connectivity index (χ4v) is 3.36. The second-order valence-electron chi connectivity index (χ2n) is 7.13. The van der Waals surface area contributed by atoms with Crippen molar-refractivity contribution in [3.05, 3.63) is 48.5 Å². The standard InChI is InChI=1S/C23H27N3O6/c1-3-31-20-10-5-4-9-19(20)26-15-16(13-21(26)27)22(28)24-17-7-6-8-18(14-17)25-23(29)32-12-11-30-2/h4-10,14,16H,3,11-13,15H2,1-2H3,(H,24,28)(H,25,29). The number of ether oxygens (including phenoxy) is 3. The molecule has 0 saturated carbocycles. The lowest BCUT2D eigenvalue weighted by molar-refractivity contribution is -0.122. The summed E-state index contributed by atoms with van der Waals surface area (Å²) in [5.74, 6) is -0.297. The average Bonchev–Trinajstić information content (AvgIpc) is 3.16. The van der Waals surface area contributed by atoms with Crippen molar-refractivity contribution >= 4 is 35.0 Å². The van der Waals surface area contributed by atoms with Crippen molar-refractivity contribution in [2.45, 2.75) is 13.3 Å². The predicted molar refractivity (Wildman–Crippen MR) is 120 cm³/mol. The number of para-hydroxylation sites is 2. The van der Waals surface area contributed by atoms with Crippen LogP contribution in [0.25, 0.3) is 0 Å². The Morgan fingerprint density at radius 2 is 1.81 bits per heavy atom. The lowest BCUT2D eigenvalue weighted by atomic mass is 10.1. The van der Waals surface area contributed by atoms with Crippen LogP contribution in [0.5, 0.6) is 5.75 Å². The number of anilines is 3. The first-order chi connectivity index (χ1) is 15.5. The van der Waals surface area contributed by atoms with Gasteiger partial charge in [0.2, 0.25) is 11.8 Å². The van der Waals surface area contributed by atoms with Crippen LogP contribution in [0.4, 0.5) is 21.9 Å². The number of nitrogens with zero attached hydrogens (tertiary/aromatic N) is 1. The van der Waals surface area contributed by atoms with Crippen LogP contribution in [0.15, 0.2) is 48.5 Å². The third-order valence-electron chi connectivity index (χ3n) is 4.85. The molecule has 9 heteroatoms. The molecule has 0 radical (unpaired) electrons. The number of amides is 3. The molecule has 0 bridgehead atoms. The molecule has 32 heavy (non-hydrogen) atoms. The Morgan fingerprint density at radius 3 is 2.56 bits per heavy atom. The summed E-state index contributed by atoms with van der Waals surface area (Å²) in [5.41, 5.74) is 1.64. The van der Waals surface area contributed by atoms with Crippen molar-refractivity contribution in [1.82, 2.24) is 0 Å². The van der Waals surface area contributed by atoms with Gasteiger partial charge < -0.3 is 24.4 Å². The molecule has 0 aliphatic carbocycles. The smallest absolute Gasteiger partial charge is 0.411 e. The van der Waals surface area contributed by atoms with Gasteiger partial charge in [-0.2, -0.15) is 0 Å². The molecular formula is C23H27N3O6. The molecular weight excluding hydrogens is 414 g/mol. The summed E-state index contributed by atoms with van der Waals surface area (Å²) in [7, 11) is 1.52. The molecule has 1 aliphatic heterocycles. The highest BCUT2D eigenvalue weighted by atomic mass is 16.6. The molecule has 1 aliphatic rings. The summed E-state index contributed by atoms with van der Waals surface area (Å²) >= 11 is 0. The SMILES string of the molecule is CCOc1ccccc1N1CC(C(=O)Nc2cccc(NC(=O)OCCOC)c2)CC1=O. The normalized spacial score (nSPS) is 15.4. The Bertz CT molecular complexity index is 964. The first kappa shape index (κ1) is 23.1. The van der Waals surface area contributed by atoms with E-state index >= 15 is 0 Å². The van der Waals surface area contributed by atoms with Gasteiger partial charge in [-0.15, -0.1) is 0 Å². The van der Waals surface area contributed by atoms with Crippen molar-refractivity contribution < 1.29 is 28.6 Å². The van der Waals surface area contributed by atoms with Gasteiger partial charge in [0.05, 0.1) is 24.8 Å². The van der Waals surface area contributed by atoms with Gasteiger partial charge in [-0.3, -0.25) is 14.9 Å². The van der Waals surface area contributed by atoms with E-state index in [0.717, 1.165) is 0 Å². The number of carbonyl (C=O) groups excluding carboxylic acids is 3. The van der Waals surface area contributed by atoms with Crippen molar-refractivity contribution in [2.75, 3.05) is 49.0 Å². The monoisotopic (exact) mass is 441 g/mol. The number of rotatable bonds is 9. The number of nitrogens with one attached hydrogen (secondary N) is 2. The van der Waals surface area contributed by atoms with Crippen LogP contribution in [0.3, 0.4) is 0 Å². The Kier molecular flexibility index (Phi) is 8.04. The van der Waals surface area contributed by atoms with Gasteiger partial charge in [-0.05, 0) is 37.3 Å². The minimum Gasteiger partial charge on any atom is -0.492 e. The summed E-state index contributed by atoms with van der Waals surface area (Å²) in [6.07, 6.45) is -0.508. The van der Waals surface area contributed by atoms with Gasteiger partial charge in [-0.25, -0.2) is 4.79 Å². The Hall–Kier alpha value is -3.59. The molecule has 2 N–H and O–H groups in total. The van der Waals surface area contributed by atoms with Crippen LogP contribution < -0.4 is 20.3 Å². The van der Waals surface area contributed by atoms with E-state index < -0.39 is 12.0 Å². The van der Waals surface area contributed by atoms with Gasteiger partial charge in [-0.1, -0.05) is 18.2 Å². The van der Waals surface area contributed by atoms with E-state index in [-0.39, 0.29) is 31.4 Å². The first-order valence-corrected chi connectivity index (χ1v) is 10.4. The topological polar surface area (TPSA) is 106 Å². The molecule has 1 unspecified atom stereocenters. The Balaban J connectivity index is 1.61. The molecule has 3 rings (SSSR count). The van der Waals surface area contributed by atoms with E-state index in [9.17, 15) is 14.4 Å². The molecule has 1 atom stereocenters. The maximum absolute atomic E-state index is 12.8. The van der Waals surface area contributed by atoms with E-state index in [1.54, 1.807) is 35.2 Å². The van der Waals surface area contributed by atoms with Crippen LogP contribution in [0.1, 0.15) is 13.3 Å². The fourth-order valence-electron chi connectivity index (χ4n) is 3.36. The van der Waals surface area contributed by atoms with Gasteiger partial charge in [0.1, 0.15) is 12.4 Å². The van der Waals surface area contributed by atoms with E-state index in [1.165, 1.54) is 7.11 Å². The fraction of sp³-hybridized carbons (Fsp3) is 0.348. The summed E-state index contributed by atoms with van der Waals surface area (Å²) < 4.78 is 15.4. The van der Waals surface area contributed by atoms with Crippen LogP contribution in [0.2, 0.25) is 0 Å². The highest BCUT2D eigenvalue weighted by molar-refractivity contribution is 6.04. The summed E-state index contributed by atoms with van der Waals surface area (Å²) in [4.78, 5) is 38.8. The first-order valence-electron chi connectivity index (χ1n) is 10.4. The molecule has 3 amide bonds. The molecule has 2 aromatic carbocycles. The summed E-state index contributed by atoms with van der Waals surface area (Å²) in [6.45, 7) is 3.06. The highest BCUT2D eigenvalue weighted by Gasteiger charge is 2.36. The van der Waals surface area contributed by atoms with E-state index in [4.69, 9.17) is 14.2 Å². The van der Waals surface area contributed by atoms with E-state index in [0.29, 0.717) is 36.0 Å². The van der Waals surface area contributed by atoms with Gasteiger partial charge in [0.25, 0.3) is 0 Å². The third kappa shape index (κ3) is 5.98. The zero-order valence-electron chi connectivity index (χ0n) is 18.1. The van der Waals surface area contributed by atoms with Crippen LogP contribution in [-0.2, 0) is 19.1 Å². The quantitative estimate of drug-likeness (QED) is 0.579. The second-order valence-corrected chi connectivity index (χ2v) is 7.13. The van der Waals surface area contributed by atoms with Crippen molar-refractivity contribution in [3.63, 3.8) is 0 Å². The van der Waals surface area contributed by atoms with Crippen LogP contribution >= 0.6 is 0 Å². The number of hydrogen-bond donors (Lipinski definition) is 2. The average molecular weight is 441 g/mol. The lowest BCUT2D eigenvalue weighted by Gasteiger charge is -2.20. The van der Waals surface area contributed by atoms with Crippen molar-refractivity contribution in [2.24, 2.45) is 5.92 Å². The van der Waals surface area contributed by atoms with Gasteiger partial charge in [0.15, 0.2) is 0 Å². The molecule has 0 aromatic heterocycles. The zero-order chi connectivity index (χ0) is 22.9. The number of benzene rings is 2. The highest BCUT2D eigenvalue weighted by Crippen LogP contribution is 2.33. The predicted octanol–water partition coefficient (Wildman–Crippen LogP) is 3.27. The Morgan fingerprint density at radius 1 is 1.06 bits per heavy atom. The minimum atomic E-state index is -0.615. The largest absolute Gasteiger partial charge is 0.492 e. The third-order valence-corrected chi connectivity index (χ3v) is 4.85. The van der Waals surface area contributed by atoms with Crippen molar-refractivity contribution in [1.29, 1.82) is 0 Å². The maximum atomic E-state index is 12.8. The molecule has 1 fully saturated rings. The van der Waals surface area contributed by atoms with E-state index in [1.807, 2.05) is 25.1 Å². The molecule has 170 valence electrons. The van der Waals surface area contributed by atoms with E-state index in [2.05, 4.69) is 10.6 Å². The Labute approximate surface area is 186 Å². The summed E-state index contributed by atoms with van der Waals surface area (Å²) in [6, 6.07) is 14.0. The number of methoxy groups -OCH3 is 1.